The van der Waals surface area contributed by atoms with Crippen LogP contribution in [-0.4, -0.2) is 27.6 Å². The minimum absolute atomic E-state index is 0.212. The second kappa shape index (κ2) is 7.16. The number of amides is 1. The third-order valence-electron chi connectivity index (χ3n) is 5.10. The third kappa shape index (κ3) is 3.27. The molecule has 0 N–H and O–H groups in total. The summed E-state index contributed by atoms with van der Waals surface area (Å²) in [4.78, 5) is 14.4. The van der Waals surface area contributed by atoms with Crippen LogP contribution in [-0.2, 0) is 11.3 Å². The first-order valence-corrected chi connectivity index (χ1v) is 9.17. The highest BCUT2D eigenvalue weighted by atomic mass is 16.2. The van der Waals surface area contributed by atoms with Crippen LogP contribution in [0.25, 0.3) is 16.9 Å². The van der Waals surface area contributed by atoms with Gasteiger partial charge in [0.15, 0.2) is 0 Å². The fourth-order valence-corrected chi connectivity index (χ4v) is 3.38. The summed E-state index contributed by atoms with van der Waals surface area (Å²) in [7, 11) is 1.90. The summed E-state index contributed by atoms with van der Waals surface area (Å²) < 4.78 is 1.90. The Balaban J connectivity index is 1.67. The van der Waals surface area contributed by atoms with Gasteiger partial charge in [-0.3, -0.25) is 4.79 Å². The van der Waals surface area contributed by atoms with Crippen LogP contribution < -0.4 is 0 Å². The van der Waals surface area contributed by atoms with E-state index in [4.69, 9.17) is 5.10 Å². The van der Waals surface area contributed by atoms with Crippen LogP contribution in [0, 0.1) is 5.92 Å². The van der Waals surface area contributed by atoms with Crippen molar-refractivity contribution < 1.29 is 4.79 Å². The number of aromatic nitrogens is 2. The quantitative estimate of drug-likeness (QED) is 0.691. The third-order valence-corrected chi connectivity index (χ3v) is 5.10. The van der Waals surface area contributed by atoms with Crippen molar-refractivity contribution in [2.45, 2.75) is 25.8 Å². The standard InChI is InChI=1S/C22H23N3O/c1-24(22(26)18-11-8-12-18)15-19-16-25(20-13-6-3-7-14-20)23-21(19)17-9-4-2-5-10-17/h2-7,9-10,13-14,16,18H,8,11-12,15H2,1H3. The first-order valence-electron chi connectivity index (χ1n) is 9.17. The topological polar surface area (TPSA) is 38.1 Å². The Morgan fingerprint density at radius 3 is 2.35 bits per heavy atom. The molecule has 4 nitrogen and oxygen atoms in total. The molecule has 132 valence electrons. The Morgan fingerprint density at radius 2 is 1.73 bits per heavy atom. The molecule has 1 aromatic heterocycles. The van der Waals surface area contributed by atoms with Crippen LogP contribution in [0.1, 0.15) is 24.8 Å². The molecule has 4 rings (SSSR count). The predicted molar refractivity (Wildman–Crippen MR) is 103 cm³/mol. The molecule has 1 heterocycles. The Hall–Kier alpha value is -2.88. The number of nitrogens with zero attached hydrogens (tertiary/aromatic N) is 3. The number of rotatable bonds is 5. The van der Waals surface area contributed by atoms with Gasteiger partial charge < -0.3 is 4.90 Å². The van der Waals surface area contributed by atoms with Crippen molar-refractivity contribution >= 4 is 5.91 Å². The fourth-order valence-electron chi connectivity index (χ4n) is 3.38. The molecular weight excluding hydrogens is 322 g/mol. The van der Waals surface area contributed by atoms with Gasteiger partial charge in [0.1, 0.15) is 0 Å². The molecule has 2 aromatic carbocycles. The average molecular weight is 345 g/mol. The molecule has 1 amide bonds. The molecule has 0 bridgehead atoms. The average Bonchev–Trinajstić information content (AvgIpc) is 3.05. The molecule has 3 aromatic rings. The van der Waals surface area contributed by atoms with Crippen molar-refractivity contribution in [1.82, 2.24) is 14.7 Å². The lowest BCUT2D eigenvalue weighted by atomic mass is 9.84. The van der Waals surface area contributed by atoms with Gasteiger partial charge in [0.25, 0.3) is 0 Å². The van der Waals surface area contributed by atoms with Gasteiger partial charge in [-0.15, -0.1) is 0 Å². The van der Waals surface area contributed by atoms with E-state index in [-0.39, 0.29) is 11.8 Å². The van der Waals surface area contributed by atoms with Gasteiger partial charge in [-0.1, -0.05) is 55.0 Å². The number of benzene rings is 2. The van der Waals surface area contributed by atoms with E-state index in [1.807, 2.05) is 71.4 Å². The molecule has 1 fully saturated rings. The Kier molecular flexibility index (Phi) is 4.57. The molecule has 0 spiro atoms. The second-order valence-electron chi connectivity index (χ2n) is 6.97. The minimum atomic E-state index is 0.212. The predicted octanol–water partition coefficient (Wildman–Crippen LogP) is 4.30. The van der Waals surface area contributed by atoms with Gasteiger partial charge in [-0.2, -0.15) is 5.10 Å². The largest absolute Gasteiger partial charge is 0.341 e. The highest BCUT2D eigenvalue weighted by molar-refractivity contribution is 5.79. The molecule has 1 aliphatic rings. The number of carbonyl (C=O) groups excluding carboxylic acids is 1. The van der Waals surface area contributed by atoms with Crippen molar-refractivity contribution in [3.8, 4) is 16.9 Å². The lowest BCUT2D eigenvalue weighted by Gasteiger charge is -2.29. The van der Waals surface area contributed by atoms with E-state index in [2.05, 4.69) is 12.1 Å². The van der Waals surface area contributed by atoms with Crippen LogP contribution in [0.4, 0.5) is 0 Å². The molecule has 4 heteroatoms. The maximum Gasteiger partial charge on any atom is 0.225 e. The zero-order valence-corrected chi connectivity index (χ0v) is 15.0. The van der Waals surface area contributed by atoms with Crippen molar-refractivity contribution in [2.24, 2.45) is 5.92 Å². The van der Waals surface area contributed by atoms with Crippen molar-refractivity contribution in [3.05, 3.63) is 72.4 Å². The number of hydrogen-bond donors (Lipinski definition) is 0. The maximum absolute atomic E-state index is 12.6. The van der Waals surface area contributed by atoms with Crippen molar-refractivity contribution in [1.29, 1.82) is 0 Å². The van der Waals surface area contributed by atoms with Crippen LogP contribution >= 0.6 is 0 Å². The van der Waals surface area contributed by atoms with Crippen LogP contribution in [0.3, 0.4) is 0 Å². The zero-order chi connectivity index (χ0) is 17.9. The van der Waals surface area contributed by atoms with E-state index in [9.17, 15) is 4.79 Å². The molecule has 0 unspecified atom stereocenters. The van der Waals surface area contributed by atoms with E-state index in [0.29, 0.717) is 6.54 Å². The lowest BCUT2D eigenvalue weighted by molar-refractivity contribution is -0.137. The van der Waals surface area contributed by atoms with E-state index >= 15 is 0 Å². The normalized spacial score (nSPS) is 14.0. The first kappa shape index (κ1) is 16.6. The lowest BCUT2D eigenvalue weighted by Crippen LogP contribution is -2.35. The Bertz CT molecular complexity index is 882. The maximum atomic E-state index is 12.6. The van der Waals surface area contributed by atoms with Gasteiger partial charge in [-0.25, -0.2) is 4.68 Å². The highest BCUT2D eigenvalue weighted by Crippen LogP contribution is 2.29. The molecule has 0 atom stereocenters. The van der Waals surface area contributed by atoms with Crippen molar-refractivity contribution in [2.75, 3.05) is 7.05 Å². The molecule has 1 aliphatic carbocycles. The highest BCUT2D eigenvalue weighted by Gasteiger charge is 2.28. The zero-order valence-electron chi connectivity index (χ0n) is 15.0. The molecule has 1 saturated carbocycles. The summed E-state index contributed by atoms with van der Waals surface area (Å²) in [5.74, 6) is 0.465. The van der Waals surface area contributed by atoms with E-state index in [1.54, 1.807) is 0 Å². The number of carbonyl (C=O) groups is 1. The van der Waals surface area contributed by atoms with E-state index in [0.717, 1.165) is 35.3 Å². The molecule has 0 aliphatic heterocycles. The SMILES string of the molecule is CN(Cc1cn(-c2ccccc2)nc1-c1ccccc1)C(=O)C1CCC1. The van der Waals surface area contributed by atoms with E-state index in [1.165, 1.54) is 6.42 Å². The van der Waals surface area contributed by atoms with Gasteiger partial charge in [0.2, 0.25) is 5.91 Å². The summed E-state index contributed by atoms with van der Waals surface area (Å²) in [5.41, 5.74) is 4.09. The molecule has 0 saturated heterocycles. The Morgan fingerprint density at radius 1 is 1.08 bits per heavy atom. The Labute approximate surface area is 154 Å². The van der Waals surface area contributed by atoms with Crippen LogP contribution in [0.5, 0.6) is 0 Å². The molecular formula is C22H23N3O. The summed E-state index contributed by atoms with van der Waals surface area (Å²) >= 11 is 0. The van der Waals surface area contributed by atoms with Gasteiger partial charge in [0, 0.05) is 36.8 Å². The fraction of sp³-hybridized carbons (Fsp3) is 0.273. The van der Waals surface area contributed by atoms with Crippen LogP contribution in [0.2, 0.25) is 0 Å². The first-order chi connectivity index (χ1) is 12.7. The van der Waals surface area contributed by atoms with E-state index < -0.39 is 0 Å². The monoisotopic (exact) mass is 345 g/mol. The number of para-hydroxylation sites is 1. The number of hydrogen-bond acceptors (Lipinski definition) is 2. The summed E-state index contributed by atoms with van der Waals surface area (Å²) in [6.07, 6.45) is 5.27. The minimum Gasteiger partial charge on any atom is -0.341 e. The second-order valence-corrected chi connectivity index (χ2v) is 6.97. The summed E-state index contributed by atoms with van der Waals surface area (Å²) in [6, 6.07) is 20.2. The van der Waals surface area contributed by atoms with Gasteiger partial charge >= 0.3 is 0 Å². The van der Waals surface area contributed by atoms with Crippen molar-refractivity contribution in [3.63, 3.8) is 0 Å². The summed E-state index contributed by atoms with van der Waals surface area (Å²) in [5, 5.41) is 4.82. The summed E-state index contributed by atoms with van der Waals surface area (Å²) in [6.45, 7) is 0.576. The van der Waals surface area contributed by atoms with Crippen LogP contribution in [0.15, 0.2) is 66.9 Å². The van der Waals surface area contributed by atoms with Gasteiger partial charge in [-0.05, 0) is 25.0 Å². The molecule has 0 radical (unpaired) electrons. The molecule has 26 heavy (non-hydrogen) atoms. The smallest absolute Gasteiger partial charge is 0.225 e. The van der Waals surface area contributed by atoms with Gasteiger partial charge in [0.05, 0.1) is 11.4 Å².